The van der Waals surface area contributed by atoms with Gasteiger partial charge in [0.25, 0.3) is 0 Å². The van der Waals surface area contributed by atoms with Gasteiger partial charge in [-0.05, 0) is 94.4 Å². The first-order chi connectivity index (χ1) is 21.5. The van der Waals surface area contributed by atoms with E-state index in [1.807, 2.05) is 12.2 Å². The second-order valence-corrected chi connectivity index (χ2v) is 14.5. The van der Waals surface area contributed by atoms with Crippen molar-refractivity contribution < 1.29 is 0 Å². The lowest BCUT2D eigenvalue weighted by atomic mass is 10.1. The minimum atomic E-state index is 0.980. The summed E-state index contributed by atoms with van der Waals surface area (Å²) in [5.41, 5.74) is 29.8. The van der Waals surface area contributed by atoms with Gasteiger partial charge in [0.2, 0.25) is 0 Å². The number of thioether (sulfide) groups is 2. The topological polar surface area (TPSA) is 6.48 Å². The smallest absolute Gasteiger partial charge is 0.132 e. The van der Waals surface area contributed by atoms with Gasteiger partial charge < -0.3 is 9.80 Å². The largest absolute Gasteiger partial charge is 0.331 e. The summed E-state index contributed by atoms with van der Waals surface area (Å²) in [6.07, 6.45) is 3.95. The molecule has 0 spiro atoms. The van der Waals surface area contributed by atoms with Gasteiger partial charge in [0.1, 0.15) is 10.1 Å². The molecule has 0 fully saturated rings. The van der Waals surface area contributed by atoms with Crippen LogP contribution in [-0.4, -0.2) is 14.1 Å². The first kappa shape index (κ1) is 28.4. The molecule has 2 nitrogen and oxygen atoms in total. The van der Waals surface area contributed by atoms with Crippen LogP contribution in [-0.2, 0) is 0 Å². The average Bonchev–Trinajstić information content (AvgIpc) is 3.73. The van der Waals surface area contributed by atoms with Crippen LogP contribution in [0.15, 0.2) is 126 Å². The molecule has 5 aromatic rings. The summed E-state index contributed by atoms with van der Waals surface area (Å²) >= 11 is 6.91. The van der Waals surface area contributed by atoms with E-state index in [9.17, 15) is 0 Å². The number of hydrogen-bond acceptors (Lipinski definition) is 6. The number of fused-ring (bicyclic) bond motifs is 4. The molecule has 0 unspecified atom stereocenters. The van der Waals surface area contributed by atoms with E-state index in [4.69, 9.17) is 0 Å². The van der Waals surface area contributed by atoms with Gasteiger partial charge in [-0.1, -0.05) is 71.4 Å². The number of hydrogen-bond donors (Lipinski definition) is 0. The maximum absolute atomic E-state index is 3.26. The van der Waals surface area contributed by atoms with E-state index in [0.29, 0.717) is 0 Å². The minimum Gasteiger partial charge on any atom is -0.331 e. The summed E-state index contributed by atoms with van der Waals surface area (Å²) in [4.78, 5) is 9.07. The van der Waals surface area contributed by atoms with Gasteiger partial charge >= 0.3 is 0 Å². The van der Waals surface area contributed by atoms with E-state index in [2.05, 4.69) is 144 Å². The van der Waals surface area contributed by atoms with Gasteiger partial charge in [-0.15, -0.1) is 22.7 Å². The molecular formula is C38H24N2S4. The van der Waals surface area contributed by atoms with Crippen molar-refractivity contribution >= 4 is 89.9 Å². The molecule has 6 heteroatoms. The van der Waals surface area contributed by atoms with Crippen molar-refractivity contribution in [3.05, 3.63) is 137 Å². The van der Waals surface area contributed by atoms with E-state index >= 15 is 0 Å². The first-order valence-electron chi connectivity index (χ1n) is 13.9. The normalized spacial score (nSPS) is 12.8. The van der Waals surface area contributed by atoms with E-state index in [-0.39, 0.29) is 0 Å². The molecule has 0 aliphatic carbocycles. The lowest BCUT2D eigenvalue weighted by Gasteiger charge is -2.15. The van der Waals surface area contributed by atoms with Crippen LogP contribution in [0.3, 0.4) is 0 Å². The lowest BCUT2D eigenvalue weighted by molar-refractivity contribution is 1.13. The van der Waals surface area contributed by atoms with Crippen molar-refractivity contribution in [2.24, 2.45) is 0 Å². The molecule has 2 aliphatic heterocycles. The SMILES string of the molecule is Cc1c(C=C=C=C=C=C2Sc3cc4c(cc3N2C)N(C)C(=C=C=C=C=Cc2sc3ccccc3c2C)S4)sc2ccccc12. The third kappa shape index (κ3) is 5.29. The van der Waals surface area contributed by atoms with Gasteiger partial charge in [0, 0.05) is 55.2 Å². The fraction of sp³-hybridized carbons (Fsp3) is 0.105. The van der Waals surface area contributed by atoms with Gasteiger partial charge in [-0.3, -0.25) is 0 Å². The summed E-state index contributed by atoms with van der Waals surface area (Å²) in [6.45, 7) is 4.30. The summed E-state index contributed by atoms with van der Waals surface area (Å²) in [5, 5.41) is 4.55. The Bertz CT molecular complexity index is 2220. The molecule has 2 aromatic heterocycles. The summed E-state index contributed by atoms with van der Waals surface area (Å²) in [7, 11) is 4.12. The molecule has 3 aromatic carbocycles. The van der Waals surface area contributed by atoms with Crippen molar-refractivity contribution in [1.29, 1.82) is 0 Å². The highest BCUT2D eigenvalue weighted by Crippen LogP contribution is 2.53. The van der Waals surface area contributed by atoms with Gasteiger partial charge in [-0.2, -0.15) is 0 Å². The molecule has 0 radical (unpaired) electrons. The van der Waals surface area contributed by atoms with E-state index in [0.717, 1.165) is 21.4 Å². The second kappa shape index (κ2) is 11.9. The maximum atomic E-state index is 3.26. The zero-order valence-electron chi connectivity index (χ0n) is 24.5. The molecule has 0 atom stereocenters. The third-order valence-corrected chi connectivity index (χ3v) is 12.2. The Hall–Kier alpha value is -4.40. The average molecular weight is 637 g/mol. The van der Waals surface area contributed by atoms with Crippen molar-refractivity contribution in [1.82, 2.24) is 0 Å². The molecule has 4 heterocycles. The highest BCUT2D eigenvalue weighted by Gasteiger charge is 2.29. The van der Waals surface area contributed by atoms with Gasteiger partial charge in [0.15, 0.2) is 0 Å². The number of anilines is 2. The number of aryl methyl sites for hydroxylation is 2. The van der Waals surface area contributed by atoms with Crippen LogP contribution in [0.5, 0.6) is 0 Å². The van der Waals surface area contributed by atoms with Crippen LogP contribution in [0.25, 0.3) is 32.3 Å². The number of benzene rings is 3. The van der Waals surface area contributed by atoms with Crippen LogP contribution in [0.1, 0.15) is 20.9 Å². The number of thiophene rings is 2. The molecule has 0 amide bonds. The summed E-state index contributed by atoms with van der Waals surface area (Å²) in [6, 6.07) is 21.4. The Morgan fingerprint density at radius 2 is 1.05 bits per heavy atom. The van der Waals surface area contributed by atoms with E-state index in [1.54, 1.807) is 46.2 Å². The molecule has 2 aliphatic rings. The van der Waals surface area contributed by atoms with E-state index in [1.165, 1.54) is 50.8 Å². The molecular weight excluding hydrogens is 613 g/mol. The van der Waals surface area contributed by atoms with Crippen molar-refractivity contribution in [2.75, 3.05) is 23.9 Å². The molecule has 0 saturated carbocycles. The van der Waals surface area contributed by atoms with E-state index < -0.39 is 0 Å². The molecule has 0 saturated heterocycles. The molecule has 0 N–H and O–H groups in total. The number of nitrogens with zero attached hydrogens (tertiary/aromatic N) is 2. The standard InChI is InChI=1S/C38H24N2S4/c1-25-27-15-11-13-19-33(27)41-31(25)17-7-5-9-21-37-39(3)29-23-30-36(24-35(29)43-37)44-38(40(30)4)22-10-6-8-18-32-26(2)28-16-12-14-20-34(28)42-32/h11-20,23-24H,1-4H3. The van der Waals surface area contributed by atoms with Gasteiger partial charge in [-0.25, -0.2) is 0 Å². The zero-order valence-corrected chi connectivity index (χ0v) is 27.7. The van der Waals surface area contributed by atoms with Gasteiger partial charge in [0.05, 0.1) is 11.4 Å². The van der Waals surface area contributed by atoms with Crippen molar-refractivity contribution in [3.8, 4) is 0 Å². The Labute approximate surface area is 273 Å². The minimum absolute atomic E-state index is 0.980. The fourth-order valence-electron chi connectivity index (χ4n) is 5.12. The quantitative estimate of drug-likeness (QED) is 0.178. The zero-order chi connectivity index (χ0) is 30.2. The Morgan fingerprint density at radius 1 is 0.591 bits per heavy atom. The second-order valence-electron chi connectivity index (χ2n) is 10.2. The van der Waals surface area contributed by atoms with Crippen LogP contribution in [0.2, 0.25) is 0 Å². The molecule has 210 valence electrons. The Morgan fingerprint density at radius 3 is 1.50 bits per heavy atom. The Balaban J connectivity index is 1.12. The predicted octanol–water partition coefficient (Wildman–Crippen LogP) is 11.1. The van der Waals surface area contributed by atoms with Crippen molar-refractivity contribution in [2.45, 2.75) is 23.6 Å². The predicted molar refractivity (Wildman–Crippen MR) is 192 cm³/mol. The van der Waals surface area contributed by atoms with Crippen LogP contribution < -0.4 is 9.80 Å². The van der Waals surface area contributed by atoms with Crippen LogP contribution >= 0.6 is 46.2 Å². The lowest BCUT2D eigenvalue weighted by Crippen LogP contribution is -2.11. The van der Waals surface area contributed by atoms with Crippen LogP contribution in [0.4, 0.5) is 11.4 Å². The fourth-order valence-corrected chi connectivity index (χ4v) is 9.43. The highest BCUT2D eigenvalue weighted by atomic mass is 32.2. The molecule has 44 heavy (non-hydrogen) atoms. The Kier molecular flexibility index (Phi) is 7.70. The molecule has 7 rings (SSSR count). The highest BCUT2D eigenvalue weighted by molar-refractivity contribution is 8.04. The van der Waals surface area contributed by atoms with Crippen LogP contribution in [0, 0.1) is 13.8 Å². The van der Waals surface area contributed by atoms with Crippen molar-refractivity contribution in [3.63, 3.8) is 0 Å². The molecule has 0 bridgehead atoms. The summed E-state index contributed by atoms with van der Waals surface area (Å²) in [5.74, 6) is 0. The summed E-state index contributed by atoms with van der Waals surface area (Å²) < 4.78 is 2.57. The third-order valence-electron chi connectivity index (χ3n) is 7.56. The monoisotopic (exact) mass is 636 g/mol. The first-order valence-corrected chi connectivity index (χ1v) is 17.2. The maximum Gasteiger partial charge on any atom is 0.132 e. The number of rotatable bonds is 2.